The van der Waals surface area contributed by atoms with Crippen molar-refractivity contribution in [3.8, 4) is 5.00 Å². The number of ether oxygens (including phenoxy) is 1. The number of carbonyl (C=O) groups is 2. The van der Waals surface area contributed by atoms with E-state index in [0.29, 0.717) is 10.6 Å². The first-order valence-corrected chi connectivity index (χ1v) is 9.19. The van der Waals surface area contributed by atoms with Crippen molar-refractivity contribution < 1.29 is 19.2 Å². The Labute approximate surface area is 164 Å². The molecular weight excluding hydrogens is 382 g/mol. The maximum absolute atomic E-state index is 12.5. The Bertz CT molecular complexity index is 1030. The number of thiophene rings is 1. The SMILES string of the molecule is Cc1ccc(C)n1-c1sccc1C(=O)OCC(=O)Nc1ccccc1[N+](=O)[O-]. The van der Waals surface area contributed by atoms with Gasteiger partial charge in [0.05, 0.1) is 10.5 Å². The van der Waals surface area contributed by atoms with Gasteiger partial charge in [-0.2, -0.15) is 0 Å². The number of amides is 1. The molecule has 0 spiro atoms. The molecule has 3 aromatic rings. The number of carbonyl (C=O) groups excluding carboxylic acids is 2. The quantitative estimate of drug-likeness (QED) is 0.385. The second-order valence-corrected chi connectivity index (χ2v) is 6.88. The molecule has 1 N–H and O–H groups in total. The van der Waals surface area contributed by atoms with Crippen LogP contribution in [0, 0.1) is 24.0 Å². The van der Waals surface area contributed by atoms with Crippen LogP contribution in [-0.4, -0.2) is 28.0 Å². The zero-order valence-corrected chi connectivity index (χ0v) is 16.0. The van der Waals surface area contributed by atoms with Gasteiger partial charge in [-0.25, -0.2) is 4.79 Å². The number of aromatic nitrogens is 1. The van der Waals surface area contributed by atoms with Gasteiger partial charge in [0.15, 0.2) is 6.61 Å². The number of esters is 1. The van der Waals surface area contributed by atoms with Gasteiger partial charge in [0.2, 0.25) is 0 Å². The molecule has 28 heavy (non-hydrogen) atoms. The van der Waals surface area contributed by atoms with E-state index in [9.17, 15) is 19.7 Å². The molecule has 0 aliphatic carbocycles. The Morgan fingerprint density at radius 1 is 1.14 bits per heavy atom. The van der Waals surface area contributed by atoms with Crippen molar-refractivity contribution in [3.63, 3.8) is 0 Å². The maximum Gasteiger partial charge on any atom is 0.341 e. The van der Waals surface area contributed by atoms with Crippen molar-refractivity contribution >= 4 is 34.6 Å². The Hall–Kier alpha value is -3.46. The summed E-state index contributed by atoms with van der Waals surface area (Å²) in [5.41, 5.74) is 2.11. The van der Waals surface area contributed by atoms with Crippen LogP contribution in [0.1, 0.15) is 21.7 Å². The van der Waals surface area contributed by atoms with E-state index in [2.05, 4.69) is 5.32 Å². The van der Waals surface area contributed by atoms with E-state index >= 15 is 0 Å². The van der Waals surface area contributed by atoms with E-state index in [1.54, 1.807) is 17.5 Å². The van der Waals surface area contributed by atoms with Crippen molar-refractivity contribution in [1.82, 2.24) is 4.57 Å². The fourth-order valence-corrected chi connectivity index (χ4v) is 3.76. The zero-order chi connectivity index (χ0) is 20.3. The molecule has 0 aliphatic heterocycles. The van der Waals surface area contributed by atoms with Crippen LogP contribution in [0.2, 0.25) is 0 Å². The zero-order valence-electron chi connectivity index (χ0n) is 15.2. The molecule has 0 unspecified atom stereocenters. The third-order valence-electron chi connectivity index (χ3n) is 4.05. The van der Waals surface area contributed by atoms with Crippen molar-refractivity contribution in [1.29, 1.82) is 0 Å². The predicted molar refractivity (Wildman–Crippen MR) is 105 cm³/mol. The Kier molecular flexibility index (Phi) is 5.55. The molecule has 1 aromatic carbocycles. The van der Waals surface area contributed by atoms with E-state index < -0.39 is 23.4 Å². The normalized spacial score (nSPS) is 10.5. The number of aryl methyl sites for hydroxylation is 2. The highest BCUT2D eigenvalue weighted by Crippen LogP contribution is 2.27. The number of nitrogens with one attached hydrogen (secondary N) is 1. The minimum Gasteiger partial charge on any atom is -0.452 e. The first-order chi connectivity index (χ1) is 13.4. The number of rotatable bonds is 6. The average Bonchev–Trinajstić information content (AvgIpc) is 3.26. The van der Waals surface area contributed by atoms with Crippen molar-refractivity contribution in [3.05, 3.63) is 74.9 Å². The Balaban J connectivity index is 1.68. The molecule has 0 aliphatic rings. The number of para-hydroxylation sites is 2. The molecule has 0 saturated heterocycles. The van der Waals surface area contributed by atoms with Crippen LogP contribution in [0.3, 0.4) is 0 Å². The minimum atomic E-state index is -0.659. The number of anilines is 1. The second kappa shape index (κ2) is 8.05. The monoisotopic (exact) mass is 399 g/mol. The van der Waals surface area contributed by atoms with Crippen LogP contribution in [0.15, 0.2) is 47.8 Å². The molecule has 2 heterocycles. The molecule has 0 radical (unpaired) electrons. The number of hydrogen-bond acceptors (Lipinski definition) is 6. The lowest BCUT2D eigenvalue weighted by atomic mass is 10.2. The molecule has 1 amide bonds. The molecule has 2 aromatic heterocycles. The number of nitrogens with zero attached hydrogens (tertiary/aromatic N) is 2. The number of nitro benzene ring substituents is 1. The van der Waals surface area contributed by atoms with Crippen molar-refractivity contribution in [2.45, 2.75) is 13.8 Å². The first kappa shape index (κ1) is 19.3. The molecular formula is C19H17N3O5S. The van der Waals surface area contributed by atoms with Gasteiger partial charge < -0.3 is 14.6 Å². The highest BCUT2D eigenvalue weighted by atomic mass is 32.1. The summed E-state index contributed by atoms with van der Waals surface area (Å²) in [5, 5.41) is 15.9. The highest BCUT2D eigenvalue weighted by Gasteiger charge is 2.20. The summed E-state index contributed by atoms with van der Waals surface area (Å²) in [6.45, 7) is 3.31. The largest absolute Gasteiger partial charge is 0.452 e. The molecule has 8 nitrogen and oxygen atoms in total. The summed E-state index contributed by atoms with van der Waals surface area (Å²) in [6.07, 6.45) is 0. The van der Waals surface area contributed by atoms with E-state index in [0.717, 1.165) is 11.4 Å². The lowest BCUT2D eigenvalue weighted by molar-refractivity contribution is -0.383. The Morgan fingerprint density at radius 3 is 2.50 bits per heavy atom. The number of benzene rings is 1. The van der Waals surface area contributed by atoms with Crippen molar-refractivity contribution in [2.24, 2.45) is 0 Å². The maximum atomic E-state index is 12.5. The first-order valence-electron chi connectivity index (χ1n) is 8.31. The van der Waals surface area contributed by atoms with E-state index in [-0.39, 0.29) is 11.4 Å². The lowest BCUT2D eigenvalue weighted by Crippen LogP contribution is -2.21. The summed E-state index contributed by atoms with van der Waals surface area (Å²) in [4.78, 5) is 34.9. The van der Waals surface area contributed by atoms with Gasteiger partial charge in [-0.05, 0) is 43.5 Å². The van der Waals surface area contributed by atoms with Gasteiger partial charge in [-0.15, -0.1) is 11.3 Å². The summed E-state index contributed by atoms with van der Waals surface area (Å²) >= 11 is 1.39. The molecule has 0 bridgehead atoms. The van der Waals surface area contributed by atoms with Crippen LogP contribution in [0.25, 0.3) is 5.00 Å². The molecule has 9 heteroatoms. The van der Waals surface area contributed by atoms with Crippen LogP contribution in [-0.2, 0) is 9.53 Å². The van der Waals surface area contributed by atoms with Crippen molar-refractivity contribution in [2.75, 3.05) is 11.9 Å². The van der Waals surface area contributed by atoms with Crippen LogP contribution < -0.4 is 5.32 Å². The van der Waals surface area contributed by atoms with Gasteiger partial charge in [0, 0.05) is 17.5 Å². The van der Waals surface area contributed by atoms with Gasteiger partial charge >= 0.3 is 5.97 Å². The van der Waals surface area contributed by atoms with Gasteiger partial charge in [-0.3, -0.25) is 14.9 Å². The molecule has 0 atom stereocenters. The second-order valence-electron chi connectivity index (χ2n) is 5.99. The fraction of sp³-hybridized carbons (Fsp3) is 0.158. The molecule has 144 valence electrons. The van der Waals surface area contributed by atoms with E-state index in [1.807, 2.05) is 30.5 Å². The summed E-state index contributed by atoms with van der Waals surface area (Å²) in [6, 6.07) is 11.3. The molecule has 0 saturated carbocycles. The highest BCUT2D eigenvalue weighted by molar-refractivity contribution is 7.13. The van der Waals surface area contributed by atoms with E-state index in [1.165, 1.54) is 29.5 Å². The van der Waals surface area contributed by atoms with Crippen LogP contribution in [0.5, 0.6) is 0 Å². The summed E-state index contributed by atoms with van der Waals surface area (Å²) in [7, 11) is 0. The number of nitro groups is 1. The van der Waals surface area contributed by atoms with Gasteiger partial charge in [-0.1, -0.05) is 12.1 Å². The summed E-state index contributed by atoms with van der Waals surface area (Å²) < 4.78 is 7.05. The van der Waals surface area contributed by atoms with Gasteiger partial charge in [0.25, 0.3) is 11.6 Å². The standard InChI is InChI=1S/C19H17N3O5S/c1-12-7-8-13(2)21(12)18-14(9-10-28-18)19(24)27-11-17(23)20-15-5-3-4-6-16(15)22(25)26/h3-10H,11H2,1-2H3,(H,20,23). The lowest BCUT2D eigenvalue weighted by Gasteiger charge is -2.10. The van der Waals surface area contributed by atoms with Gasteiger partial charge in [0.1, 0.15) is 10.7 Å². The van der Waals surface area contributed by atoms with E-state index in [4.69, 9.17) is 4.74 Å². The topological polar surface area (TPSA) is 103 Å². The fourth-order valence-electron chi connectivity index (χ4n) is 2.75. The molecule has 0 fully saturated rings. The summed E-state index contributed by atoms with van der Waals surface area (Å²) in [5.74, 6) is -1.30. The molecule has 3 rings (SSSR count). The predicted octanol–water partition coefficient (Wildman–Crippen LogP) is 3.86. The van der Waals surface area contributed by atoms with Crippen LogP contribution >= 0.6 is 11.3 Å². The smallest absolute Gasteiger partial charge is 0.341 e. The minimum absolute atomic E-state index is 0.0448. The third kappa shape index (κ3) is 3.94. The third-order valence-corrected chi connectivity index (χ3v) is 4.95. The Morgan fingerprint density at radius 2 is 1.82 bits per heavy atom. The number of hydrogen-bond donors (Lipinski definition) is 1. The van der Waals surface area contributed by atoms with Crippen LogP contribution in [0.4, 0.5) is 11.4 Å². The average molecular weight is 399 g/mol.